The summed E-state index contributed by atoms with van der Waals surface area (Å²) in [5.74, 6) is 1.12. The van der Waals surface area contributed by atoms with Gasteiger partial charge in [-0.2, -0.15) is 0 Å². The highest BCUT2D eigenvalue weighted by molar-refractivity contribution is 7.86. The van der Waals surface area contributed by atoms with E-state index in [4.69, 9.17) is 0 Å². The van der Waals surface area contributed by atoms with E-state index in [9.17, 15) is 8.42 Å². The van der Waals surface area contributed by atoms with Gasteiger partial charge in [-0.3, -0.25) is 0 Å². The Morgan fingerprint density at radius 1 is 0.478 bits per heavy atom. The van der Waals surface area contributed by atoms with E-state index >= 15 is 0 Å². The number of fused-ring (bicyclic) bond motifs is 9. The van der Waals surface area contributed by atoms with Crippen molar-refractivity contribution in [3.05, 3.63) is 101 Å². The maximum Gasteiger partial charge on any atom is 0.243 e. The van der Waals surface area contributed by atoms with Gasteiger partial charge in [0.15, 0.2) is 0 Å². The van der Waals surface area contributed by atoms with E-state index in [1.807, 2.05) is 0 Å². The van der Waals surface area contributed by atoms with E-state index in [1.54, 1.807) is 0 Å². The molecular weight excluding hydrogens is 599 g/mol. The van der Waals surface area contributed by atoms with Crippen molar-refractivity contribution in [3.63, 3.8) is 0 Å². The molecule has 2 nitrogen and oxygen atoms in total. The summed E-state index contributed by atoms with van der Waals surface area (Å²) in [4.78, 5) is 3.58. The van der Waals surface area contributed by atoms with Crippen LogP contribution in [0.4, 0.5) is 0 Å². The van der Waals surface area contributed by atoms with Crippen LogP contribution in [-0.4, -0.2) is 15.1 Å². The Morgan fingerprint density at radius 2 is 0.891 bits per heavy atom. The minimum Gasteiger partial charge on any atom is -0.249 e. The van der Waals surface area contributed by atoms with Gasteiger partial charge < -0.3 is 0 Å². The molecule has 3 aliphatic heterocycles. The van der Waals surface area contributed by atoms with E-state index in [1.165, 1.54) is 33.1 Å². The first-order chi connectivity index (χ1) is 21.9. The molecule has 0 aliphatic carbocycles. The van der Waals surface area contributed by atoms with Crippen molar-refractivity contribution in [2.24, 2.45) is 0 Å². The molecule has 0 saturated carbocycles. The summed E-state index contributed by atoms with van der Waals surface area (Å²) in [6.07, 6.45) is 0. The van der Waals surface area contributed by atoms with Crippen LogP contribution in [0, 0.1) is 13.8 Å². The van der Waals surface area contributed by atoms with Gasteiger partial charge in [-0.15, -0.1) is 0 Å². The third-order valence-corrected chi connectivity index (χ3v) is 13.3. The minimum absolute atomic E-state index is 0.0162. The van der Waals surface area contributed by atoms with Crippen molar-refractivity contribution in [2.75, 3.05) is 0 Å². The molecule has 0 N–H and O–H groups in total. The monoisotopic (exact) mass is 638 g/mol. The lowest BCUT2D eigenvalue weighted by Crippen LogP contribution is -2.52. The topological polar surface area (TPSA) is 34.1 Å². The minimum atomic E-state index is -1.24. The molecular formula is C41H39BO2S2. The first-order valence-electron chi connectivity index (χ1n) is 16.5. The number of rotatable bonds is 4. The van der Waals surface area contributed by atoms with Gasteiger partial charge in [0, 0.05) is 0 Å². The summed E-state index contributed by atoms with van der Waals surface area (Å²) in [7, 11) is -2.48. The molecule has 2 unspecified atom stereocenters. The molecule has 0 bridgehead atoms. The Bertz CT molecular complexity index is 2060. The van der Waals surface area contributed by atoms with Gasteiger partial charge in [0.25, 0.3) is 0 Å². The predicted octanol–water partition coefficient (Wildman–Crippen LogP) is 8.46. The molecule has 0 saturated heterocycles. The Labute approximate surface area is 278 Å². The number of hydrogen-bond donors (Lipinski definition) is 0. The van der Waals surface area contributed by atoms with Crippen molar-refractivity contribution < 1.29 is 8.42 Å². The van der Waals surface area contributed by atoms with Crippen LogP contribution in [0.25, 0.3) is 33.4 Å². The molecule has 5 heteroatoms. The molecule has 8 rings (SSSR count). The molecule has 0 aromatic heterocycles. The summed E-state index contributed by atoms with van der Waals surface area (Å²) in [6.45, 7) is 18.0. The first-order valence-corrected chi connectivity index (χ1v) is 18.8. The van der Waals surface area contributed by atoms with E-state index in [2.05, 4.69) is 128 Å². The standard InChI is InChI=1S/C41H39BO2S2/c1-21(2)26-15-29(22(3)4)41(30(16-26)23(5)6)42-35-17-33-27-11-9-24(7)13-37(27)45(43)39(33)19-31(35)32-20-40-34(18-36(32)42)28-12-10-25(8)14-38(28)46(40)44/h9-23H,1-8H3. The van der Waals surface area contributed by atoms with E-state index in [-0.39, 0.29) is 6.71 Å². The third kappa shape index (κ3) is 4.20. The van der Waals surface area contributed by atoms with Crippen LogP contribution in [0.2, 0.25) is 0 Å². The highest BCUT2D eigenvalue weighted by atomic mass is 32.2. The van der Waals surface area contributed by atoms with Crippen LogP contribution in [0.1, 0.15) is 87.1 Å². The van der Waals surface area contributed by atoms with Crippen LogP contribution in [0.15, 0.2) is 92.4 Å². The van der Waals surface area contributed by atoms with Gasteiger partial charge in [0.2, 0.25) is 6.71 Å². The molecule has 5 aromatic carbocycles. The number of aryl methyl sites for hydroxylation is 2. The average molecular weight is 639 g/mol. The second-order valence-electron chi connectivity index (χ2n) is 14.4. The smallest absolute Gasteiger partial charge is 0.243 e. The molecule has 2 atom stereocenters. The summed E-state index contributed by atoms with van der Waals surface area (Å²) in [6, 6.07) is 26.7. The van der Waals surface area contributed by atoms with Gasteiger partial charge in [-0.25, -0.2) is 8.42 Å². The Kier molecular flexibility index (Phi) is 6.80. The van der Waals surface area contributed by atoms with Crippen LogP contribution < -0.4 is 16.4 Å². The normalized spacial score (nSPS) is 17.0. The van der Waals surface area contributed by atoms with Crippen LogP contribution >= 0.6 is 0 Å². The largest absolute Gasteiger partial charge is 0.249 e. The zero-order valence-electron chi connectivity index (χ0n) is 27.9. The molecule has 5 aromatic rings. The maximum absolute atomic E-state index is 14.0. The highest BCUT2D eigenvalue weighted by Gasteiger charge is 2.42. The van der Waals surface area contributed by atoms with E-state index in [0.29, 0.717) is 17.8 Å². The maximum atomic E-state index is 14.0. The highest BCUT2D eigenvalue weighted by Crippen LogP contribution is 2.46. The lowest BCUT2D eigenvalue weighted by atomic mass is 9.36. The summed E-state index contributed by atoms with van der Waals surface area (Å²) in [5, 5.41) is 0. The fourth-order valence-corrected chi connectivity index (χ4v) is 10.9. The quantitative estimate of drug-likeness (QED) is 0.181. The fourth-order valence-electron chi connectivity index (χ4n) is 7.94. The van der Waals surface area contributed by atoms with Gasteiger partial charge in [-0.1, -0.05) is 106 Å². The van der Waals surface area contributed by atoms with Crippen molar-refractivity contribution in [2.45, 2.75) is 92.7 Å². The predicted molar refractivity (Wildman–Crippen MR) is 195 cm³/mol. The van der Waals surface area contributed by atoms with Crippen LogP contribution in [-0.2, 0) is 21.6 Å². The molecule has 0 fully saturated rings. The van der Waals surface area contributed by atoms with Gasteiger partial charge in [0.05, 0.1) is 41.2 Å². The third-order valence-electron chi connectivity index (χ3n) is 10.3. The van der Waals surface area contributed by atoms with Crippen molar-refractivity contribution >= 4 is 44.7 Å². The van der Waals surface area contributed by atoms with Crippen molar-refractivity contribution in [1.29, 1.82) is 0 Å². The van der Waals surface area contributed by atoms with E-state index < -0.39 is 21.6 Å². The van der Waals surface area contributed by atoms with Gasteiger partial charge >= 0.3 is 0 Å². The second-order valence-corrected chi connectivity index (χ2v) is 17.3. The Hall–Kier alpha value is -3.54. The fraction of sp³-hybridized carbons (Fsp3) is 0.268. The molecule has 230 valence electrons. The number of benzene rings is 5. The van der Waals surface area contributed by atoms with Gasteiger partial charge in [-0.05, 0) is 117 Å². The first kappa shape index (κ1) is 29.8. The van der Waals surface area contributed by atoms with Crippen LogP contribution in [0.3, 0.4) is 0 Å². The van der Waals surface area contributed by atoms with Gasteiger partial charge in [0.1, 0.15) is 0 Å². The lowest BCUT2D eigenvalue weighted by Gasteiger charge is -2.27. The molecule has 0 spiro atoms. The van der Waals surface area contributed by atoms with Crippen molar-refractivity contribution in [3.8, 4) is 33.4 Å². The average Bonchev–Trinajstić information content (AvgIpc) is 3.58. The Balaban J connectivity index is 1.47. The van der Waals surface area contributed by atoms with Crippen LogP contribution in [0.5, 0.6) is 0 Å². The summed E-state index contributed by atoms with van der Waals surface area (Å²) in [5.41, 5.74) is 16.9. The molecule has 3 aliphatic rings. The molecule has 3 heterocycles. The Morgan fingerprint density at radius 3 is 1.28 bits per heavy atom. The zero-order valence-corrected chi connectivity index (χ0v) is 29.5. The molecule has 0 amide bonds. The summed E-state index contributed by atoms with van der Waals surface area (Å²) < 4.78 is 27.9. The van der Waals surface area contributed by atoms with E-state index in [0.717, 1.165) is 64.1 Å². The molecule has 0 radical (unpaired) electrons. The second kappa shape index (κ2) is 10.5. The van der Waals surface area contributed by atoms with Crippen molar-refractivity contribution in [1.82, 2.24) is 0 Å². The SMILES string of the molecule is Cc1ccc2c(c1)S(=O)c1cc3c(cc1-2)B(c1c(C(C)C)cc(C(C)C)cc1C(C)C)c1cc2c(cc1-3)S(=O)c1cc(C)ccc1-2. The molecule has 46 heavy (non-hydrogen) atoms. The zero-order chi connectivity index (χ0) is 32.3. The number of hydrogen-bond acceptors (Lipinski definition) is 2. The summed E-state index contributed by atoms with van der Waals surface area (Å²) >= 11 is 0. The lowest BCUT2D eigenvalue weighted by molar-refractivity contribution is 0.684.